The van der Waals surface area contributed by atoms with Crippen molar-refractivity contribution in [1.29, 1.82) is 0 Å². The fraction of sp³-hybridized carbons (Fsp3) is 0.333. The van der Waals surface area contributed by atoms with Crippen LogP contribution in [-0.4, -0.2) is 28.2 Å². The number of halogens is 2. The van der Waals surface area contributed by atoms with Crippen molar-refractivity contribution in [2.75, 3.05) is 13.1 Å². The molecule has 0 bridgehead atoms. The van der Waals surface area contributed by atoms with Crippen LogP contribution in [0.3, 0.4) is 0 Å². The Morgan fingerprint density at radius 3 is 2.81 bits per heavy atom. The molecule has 0 fully saturated rings. The number of nitro benzene ring substituents is 1. The van der Waals surface area contributed by atoms with E-state index in [0.29, 0.717) is 13.0 Å². The molecular formula is C12H12F2N4O3. The van der Waals surface area contributed by atoms with Crippen LogP contribution in [0.5, 0.6) is 0 Å². The van der Waals surface area contributed by atoms with Gasteiger partial charge < -0.3 is 9.73 Å². The Balaban J connectivity index is 2.33. The van der Waals surface area contributed by atoms with E-state index in [1.807, 2.05) is 6.92 Å². The highest BCUT2D eigenvalue weighted by Gasteiger charge is 2.26. The molecule has 1 aromatic carbocycles. The number of nitrogens with zero attached hydrogens (tertiary/aromatic N) is 3. The standard InChI is InChI=1S/C12H12F2N4O3/c1-2-15-6-5-9-16-17-12(21-9)10-7(13)3-4-8(11(10)14)18(19)20/h3-4,15H,2,5-6H2,1H3. The third-order valence-electron chi connectivity index (χ3n) is 2.71. The van der Waals surface area contributed by atoms with E-state index < -0.39 is 33.7 Å². The van der Waals surface area contributed by atoms with Crippen molar-refractivity contribution >= 4 is 5.69 Å². The van der Waals surface area contributed by atoms with Crippen molar-refractivity contribution in [3.05, 3.63) is 39.8 Å². The Bertz CT molecular complexity index is 660. The summed E-state index contributed by atoms with van der Waals surface area (Å²) < 4.78 is 32.8. The molecule has 0 aliphatic carbocycles. The van der Waals surface area contributed by atoms with E-state index in [9.17, 15) is 18.9 Å². The largest absolute Gasteiger partial charge is 0.420 e. The normalized spacial score (nSPS) is 10.8. The molecule has 1 aromatic heterocycles. The molecule has 2 aromatic rings. The maximum Gasteiger partial charge on any atom is 0.305 e. The number of hydrogen-bond acceptors (Lipinski definition) is 6. The quantitative estimate of drug-likeness (QED) is 0.498. The zero-order valence-electron chi connectivity index (χ0n) is 11.1. The lowest BCUT2D eigenvalue weighted by Crippen LogP contribution is -2.16. The zero-order valence-corrected chi connectivity index (χ0v) is 11.1. The molecule has 7 nitrogen and oxygen atoms in total. The van der Waals surface area contributed by atoms with Crippen LogP contribution >= 0.6 is 0 Å². The Labute approximate surface area is 118 Å². The van der Waals surface area contributed by atoms with Crippen LogP contribution in [0, 0.1) is 21.7 Å². The van der Waals surface area contributed by atoms with Gasteiger partial charge in [0.15, 0.2) is 0 Å². The van der Waals surface area contributed by atoms with Gasteiger partial charge in [-0.3, -0.25) is 10.1 Å². The van der Waals surface area contributed by atoms with Crippen LogP contribution < -0.4 is 5.32 Å². The molecule has 0 radical (unpaired) electrons. The number of rotatable bonds is 6. The first-order valence-electron chi connectivity index (χ1n) is 6.20. The Morgan fingerprint density at radius 2 is 2.14 bits per heavy atom. The Hall–Kier alpha value is -2.42. The second-order valence-corrected chi connectivity index (χ2v) is 4.12. The number of benzene rings is 1. The highest BCUT2D eigenvalue weighted by Crippen LogP contribution is 2.30. The van der Waals surface area contributed by atoms with E-state index in [1.54, 1.807) is 0 Å². The number of aromatic nitrogens is 2. The molecule has 0 atom stereocenters. The van der Waals surface area contributed by atoms with Gasteiger partial charge in [0, 0.05) is 19.0 Å². The molecule has 0 saturated carbocycles. The van der Waals surface area contributed by atoms with Crippen molar-refractivity contribution in [3.63, 3.8) is 0 Å². The van der Waals surface area contributed by atoms with Crippen molar-refractivity contribution in [2.45, 2.75) is 13.3 Å². The summed E-state index contributed by atoms with van der Waals surface area (Å²) in [4.78, 5) is 9.72. The van der Waals surface area contributed by atoms with E-state index in [4.69, 9.17) is 4.42 Å². The van der Waals surface area contributed by atoms with Crippen LogP contribution in [0.2, 0.25) is 0 Å². The highest BCUT2D eigenvalue weighted by molar-refractivity contribution is 5.59. The summed E-state index contributed by atoms with van der Waals surface area (Å²) in [5, 5.41) is 20.9. The maximum atomic E-state index is 14.0. The predicted octanol–water partition coefficient (Wildman–Crippen LogP) is 2.07. The van der Waals surface area contributed by atoms with Gasteiger partial charge in [0.25, 0.3) is 5.89 Å². The third-order valence-corrected chi connectivity index (χ3v) is 2.71. The van der Waals surface area contributed by atoms with Gasteiger partial charge in [-0.1, -0.05) is 6.92 Å². The number of nitrogens with one attached hydrogen (secondary N) is 1. The lowest BCUT2D eigenvalue weighted by Gasteiger charge is -2.01. The van der Waals surface area contributed by atoms with E-state index in [2.05, 4.69) is 15.5 Å². The molecule has 0 aliphatic rings. The minimum atomic E-state index is -1.33. The molecule has 0 spiro atoms. The van der Waals surface area contributed by atoms with Crippen LogP contribution in [0.15, 0.2) is 16.5 Å². The third kappa shape index (κ3) is 3.19. The molecule has 112 valence electrons. The Morgan fingerprint density at radius 1 is 1.38 bits per heavy atom. The molecule has 0 unspecified atom stereocenters. The van der Waals surface area contributed by atoms with Crippen LogP contribution in [-0.2, 0) is 6.42 Å². The molecule has 0 aliphatic heterocycles. The second-order valence-electron chi connectivity index (χ2n) is 4.12. The fourth-order valence-corrected chi connectivity index (χ4v) is 1.71. The SMILES string of the molecule is CCNCCc1nnc(-c2c(F)ccc([N+](=O)[O-])c2F)o1. The first-order valence-corrected chi connectivity index (χ1v) is 6.20. The van der Waals surface area contributed by atoms with Gasteiger partial charge in [-0.15, -0.1) is 10.2 Å². The Kier molecular flexibility index (Phi) is 4.53. The molecule has 21 heavy (non-hydrogen) atoms. The van der Waals surface area contributed by atoms with Crippen molar-refractivity contribution < 1.29 is 18.1 Å². The summed E-state index contributed by atoms with van der Waals surface area (Å²) in [5.41, 5.74) is -1.54. The average molecular weight is 298 g/mol. The molecular weight excluding hydrogens is 286 g/mol. The van der Waals surface area contributed by atoms with E-state index in [-0.39, 0.29) is 5.89 Å². The lowest BCUT2D eigenvalue weighted by atomic mass is 10.1. The summed E-state index contributed by atoms with van der Waals surface area (Å²) >= 11 is 0. The topological polar surface area (TPSA) is 94.1 Å². The van der Waals surface area contributed by atoms with Gasteiger partial charge in [0.2, 0.25) is 11.7 Å². The van der Waals surface area contributed by atoms with E-state index in [1.165, 1.54) is 0 Å². The first kappa shape index (κ1) is 15.0. The monoisotopic (exact) mass is 298 g/mol. The number of nitro groups is 1. The van der Waals surface area contributed by atoms with Gasteiger partial charge in [0.1, 0.15) is 11.4 Å². The molecule has 0 saturated heterocycles. The molecule has 0 amide bonds. The number of hydrogen-bond donors (Lipinski definition) is 1. The lowest BCUT2D eigenvalue weighted by molar-refractivity contribution is -0.387. The minimum absolute atomic E-state index is 0.191. The minimum Gasteiger partial charge on any atom is -0.420 e. The van der Waals surface area contributed by atoms with E-state index >= 15 is 0 Å². The first-order chi connectivity index (χ1) is 10.0. The van der Waals surface area contributed by atoms with Gasteiger partial charge in [0.05, 0.1) is 4.92 Å². The van der Waals surface area contributed by atoms with Crippen LogP contribution in [0.1, 0.15) is 12.8 Å². The van der Waals surface area contributed by atoms with Gasteiger partial charge in [-0.25, -0.2) is 4.39 Å². The zero-order chi connectivity index (χ0) is 15.4. The van der Waals surface area contributed by atoms with E-state index in [0.717, 1.165) is 18.7 Å². The van der Waals surface area contributed by atoms with Crippen LogP contribution in [0.4, 0.5) is 14.5 Å². The summed E-state index contributed by atoms with van der Waals surface area (Å²) in [6.07, 6.45) is 0.388. The number of likely N-dealkylation sites (N-methyl/N-ethyl adjacent to an activating group) is 1. The summed E-state index contributed by atoms with van der Waals surface area (Å²) in [5.74, 6) is -2.56. The van der Waals surface area contributed by atoms with Crippen molar-refractivity contribution in [2.24, 2.45) is 0 Å². The van der Waals surface area contributed by atoms with Gasteiger partial charge in [-0.05, 0) is 12.6 Å². The molecule has 1 heterocycles. The predicted molar refractivity (Wildman–Crippen MR) is 68.6 cm³/mol. The second kappa shape index (κ2) is 6.35. The molecule has 2 rings (SSSR count). The summed E-state index contributed by atoms with van der Waals surface area (Å²) in [6.45, 7) is 3.25. The van der Waals surface area contributed by atoms with Crippen LogP contribution in [0.25, 0.3) is 11.5 Å². The van der Waals surface area contributed by atoms with Gasteiger partial charge in [-0.2, -0.15) is 4.39 Å². The molecule has 9 heteroatoms. The summed E-state index contributed by atoms with van der Waals surface area (Å²) in [6, 6.07) is 1.54. The fourth-order valence-electron chi connectivity index (χ4n) is 1.71. The van der Waals surface area contributed by atoms with Crippen molar-refractivity contribution in [3.8, 4) is 11.5 Å². The van der Waals surface area contributed by atoms with Gasteiger partial charge >= 0.3 is 5.69 Å². The highest BCUT2D eigenvalue weighted by atomic mass is 19.1. The smallest absolute Gasteiger partial charge is 0.305 e. The van der Waals surface area contributed by atoms with Crippen molar-refractivity contribution in [1.82, 2.24) is 15.5 Å². The summed E-state index contributed by atoms with van der Waals surface area (Å²) in [7, 11) is 0. The molecule has 1 N–H and O–H groups in total. The maximum absolute atomic E-state index is 14.0. The average Bonchev–Trinajstić information content (AvgIpc) is 2.87.